The SMILES string of the molecule is NC(=O)OC(c1ccccc1)c1ccccc1N1CCOCC1F. The second-order valence-corrected chi connectivity index (χ2v) is 5.49. The van der Waals surface area contributed by atoms with Gasteiger partial charge in [-0.3, -0.25) is 0 Å². The van der Waals surface area contributed by atoms with E-state index in [0.717, 1.165) is 5.56 Å². The van der Waals surface area contributed by atoms with Gasteiger partial charge in [-0.1, -0.05) is 48.5 Å². The number of halogens is 1. The molecule has 2 aromatic carbocycles. The largest absolute Gasteiger partial charge is 0.436 e. The van der Waals surface area contributed by atoms with Gasteiger partial charge in [0.15, 0.2) is 12.4 Å². The summed E-state index contributed by atoms with van der Waals surface area (Å²) in [7, 11) is 0. The second kappa shape index (κ2) is 7.31. The van der Waals surface area contributed by atoms with E-state index in [-0.39, 0.29) is 6.61 Å². The molecule has 5 nitrogen and oxygen atoms in total. The van der Waals surface area contributed by atoms with Crippen molar-refractivity contribution in [1.29, 1.82) is 0 Å². The zero-order valence-electron chi connectivity index (χ0n) is 13.1. The average Bonchev–Trinajstić information content (AvgIpc) is 2.61. The van der Waals surface area contributed by atoms with E-state index in [2.05, 4.69) is 0 Å². The first-order valence-electron chi connectivity index (χ1n) is 7.75. The molecular weight excluding hydrogens is 311 g/mol. The molecule has 2 unspecified atom stereocenters. The summed E-state index contributed by atoms with van der Waals surface area (Å²) in [4.78, 5) is 13.0. The number of carbonyl (C=O) groups excluding carboxylic acids is 1. The lowest BCUT2D eigenvalue weighted by Crippen LogP contribution is -2.43. The van der Waals surface area contributed by atoms with Crippen LogP contribution >= 0.6 is 0 Å². The van der Waals surface area contributed by atoms with Gasteiger partial charge >= 0.3 is 6.09 Å². The maximum atomic E-state index is 14.3. The van der Waals surface area contributed by atoms with Crippen molar-refractivity contribution in [3.05, 3.63) is 65.7 Å². The zero-order chi connectivity index (χ0) is 16.9. The van der Waals surface area contributed by atoms with Gasteiger partial charge in [-0.05, 0) is 11.6 Å². The first-order chi connectivity index (χ1) is 11.7. The third-order valence-electron chi connectivity index (χ3n) is 3.94. The van der Waals surface area contributed by atoms with Crippen LogP contribution in [0.25, 0.3) is 0 Å². The Hall–Kier alpha value is -2.60. The van der Waals surface area contributed by atoms with Gasteiger partial charge in [0.2, 0.25) is 0 Å². The molecule has 1 aliphatic heterocycles. The molecule has 6 heteroatoms. The summed E-state index contributed by atoms with van der Waals surface area (Å²) in [5, 5.41) is 0. The van der Waals surface area contributed by atoms with Crippen LogP contribution in [0.5, 0.6) is 0 Å². The number of alkyl halides is 1. The van der Waals surface area contributed by atoms with Crippen LogP contribution in [-0.2, 0) is 9.47 Å². The highest BCUT2D eigenvalue weighted by Crippen LogP contribution is 2.35. The minimum Gasteiger partial charge on any atom is -0.436 e. The fourth-order valence-electron chi connectivity index (χ4n) is 2.87. The van der Waals surface area contributed by atoms with Crippen LogP contribution in [0.1, 0.15) is 17.2 Å². The number of benzene rings is 2. The number of nitrogens with zero attached hydrogens (tertiary/aromatic N) is 1. The van der Waals surface area contributed by atoms with Crippen LogP contribution in [0.15, 0.2) is 54.6 Å². The number of amides is 1. The smallest absolute Gasteiger partial charge is 0.405 e. The van der Waals surface area contributed by atoms with Crippen molar-refractivity contribution in [2.24, 2.45) is 5.73 Å². The number of para-hydroxylation sites is 1. The first kappa shape index (κ1) is 16.3. The summed E-state index contributed by atoms with van der Waals surface area (Å²) in [5.41, 5.74) is 7.38. The third-order valence-corrected chi connectivity index (χ3v) is 3.94. The van der Waals surface area contributed by atoms with Crippen LogP contribution in [-0.4, -0.2) is 32.1 Å². The van der Waals surface area contributed by atoms with Gasteiger partial charge in [-0.15, -0.1) is 0 Å². The summed E-state index contributed by atoms with van der Waals surface area (Å²) in [6.45, 7) is 0.888. The normalized spacial score (nSPS) is 18.9. The lowest BCUT2D eigenvalue weighted by molar-refractivity contribution is 0.0492. The molecule has 1 amide bonds. The Morgan fingerprint density at radius 3 is 2.62 bits per heavy atom. The van der Waals surface area contributed by atoms with Crippen LogP contribution in [0.2, 0.25) is 0 Å². The summed E-state index contributed by atoms with van der Waals surface area (Å²) in [5.74, 6) is 0. The van der Waals surface area contributed by atoms with Gasteiger partial charge in [0.05, 0.1) is 13.2 Å². The van der Waals surface area contributed by atoms with Crippen molar-refractivity contribution < 1.29 is 18.7 Å². The van der Waals surface area contributed by atoms with Gasteiger partial charge in [0, 0.05) is 17.8 Å². The lowest BCUT2D eigenvalue weighted by Gasteiger charge is -2.35. The van der Waals surface area contributed by atoms with Gasteiger partial charge < -0.3 is 20.1 Å². The fourth-order valence-corrected chi connectivity index (χ4v) is 2.87. The van der Waals surface area contributed by atoms with Crippen LogP contribution in [0, 0.1) is 0 Å². The summed E-state index contributed by atoms with van der Waals surface area (Å²) in [6.07, 6.45) is -2.82. The molecule has 2 N–H and O–H groups in total. The Kier molecular flexibility index (Phi) is 4.96. The van der Waals surface area contributed by atoms with Crippen molar-refractivity contribution in [3.8, 4) is 0 Å². The zero-order valence-corrected chi connectivity index (χ0v) is 13.1. The number of hydrogen-bond donors (Lipinski definition) is 1. The van der Waals surface area contributed by atoms with E-state index >= 15 is 0 Å². The molecule has 1 aliphatic rings. The van der Waals surface area contributed by atoms with Gasteiger partial charge in [-0.2, -0.15) is 0 Å². The van der Waals surface area contributed by atoms with Crippen molar-refractivity contribution in [1.82, 2.24) is 0 Å². The van der Waals surface area contributed by atoms with Crippen LogP contribution in [0.4, 0.5) is 14.9 Å². The van der Waals surface area contributed by atoms with E-state index in [1.54, 1.807) is 4.90 Å². The molecule has 2 aromatic rings. The Morgan fingerprint density at radius 1 is 1.21 bits per heavy atom. The average molecular weight is 330 g/mol. The number of hydrogen-bond acceptors (Lipinski definition) is 4. The van der Waals surface area contributed by atoms with E-state index in [4.69, 9.17) is 15.2 Å². The minimum absolute atomic E-state index is 0.0149. The first-order valence-corrected chi connectivity index (χ1v) is 7.75. The maximum Gasteiger partial charge on any atom is 0.405 e. The third kappa shape index (κ3) is 3.49. The Balaban J connectivity index is 2.03. The molecule has 126 valence electrons. The summed E-state index contributed by atoms with van der Waals surface area (Å²) < 4.78 is 24.8. The second-order valence-electron chi connectivity index (χ2n) is 5.49. The Labute approximate surface area is 139 Å². The highest BCUT2D eigenvalue weighted by molar-refractivity contribution is 5.67. The Bertz CT molecular complexity index is 696. The summed E-state index contributed by atoms with van der Waals surface area (Å²) >= 11 is 0. The highest BCUT2D eigenvalue weighted by atomic mass is 19.1. The van der Waals surface area contributed by atoms with Crippen molar-refractivity contribution in [3.63, 3.8) is 0 Å². The molecule has 1 fully saturated rings. The van der Waals surface area contributed by atoms with E-state index in [0.29, 0.717) is 24.4 Å². The van der Waals surface area contributed by atoms with Gasteiger partial charge in [0.1, 0.15) is 0 Å². The van der Waals surface area contributed by atoms with Crippen molar-refractivity contribution in [2.75, 3.05) is 24.7 Å². The number of carbonyl (C=O) groups is 1. The lowest BCUT2D eigenvalue weighted by atomic mass is 9.99. The monoisotopic (exact) mass is 330 g/mol. The van der Waals surface area contributed by atoms with E-state index in [1.807, 2.05) is 54.6 Å². The quantitative estimate of drug-likeness (QED) is 0.875. The number of primary amides is 1. The molecule has 2 atom stereocenters. The standard InChI is InChI=1S/C18H19FN2O3/c19-16-12-23-11-10-21(16)15-9-5-4-8-14(15)17(24-18(20)22)13-6-2-1-3-7-13/h1-9,16-17H,10-12H2,(H2,20,22). The van der Waals surface area contributed by atoms with Gasteiger partial charge in [0.25, 0.3) is 0 Å². The Morgan fingerprint density at radius 2 is 1.92 bits per heavy atom. The van der Waals surface area contributed by atoms with E-state index in [1.165, 1.54) is 0 Å². The molecule has 0 bridgehead atoms. The van der Waals surface area contributed by atoms with Crippen LogP contribution < -0.4 is 10.6 Å². The molecule has 0 radical (unpaired) electrons. The molecule has 1 saturated heterocycles. The number of rotatable bonds is 4. The summed E-state index contributed by atoms with van der Waals surface area (Å²) in [6, 6.07) is 16.5. The number of ether oxygens (including phenoxy) is 2. The number of nitrogens with two attached hydrogens (primary N) is 1. The van der Waals surface area contributed by atoms with Crippen molar-refractivity contribution in [2.45, 2.75) is 12.4 Å². The van der Waals surface area contributed by atoms with Gasteiger partial charge in [-0.25, -0.2) is 9.18 Å². The van der Waals surface area contributed by atoms with Crippen molar-refractivity contribution >= 4 is 11.8 Å². The molecule has 0 aliphatic carbocycles. The molecule has 0 aromatic heterocycles. The fraction of sp³-hybridized carbons (Fsp3) is 0.278. The molecule has 0 spiro atoms. The number of anilines is 1. The van der Waals surface area contributed by atoms with E-state index < -0.39 is 18.5 Å². The predicted molar refractivity (Wildman–Crippen MR) is 88.5 cm³/mol. The molecule has 1 heterocycles. The number of morpholine rings is 1. The predicted octanol–water partition coefficient (Wildman–Crippen LogP) is 3.00. The van der Waals surface area contributed by atoms with E-state index in [9.17, 15) is 9.18 Å². The molecule has 0 saturated carbocycles. The molecule has 3 rings (SSSR count). The molecular formula is C18H19FN2O3. The van der Waals surface area contributed by atoms with Crippen LogP contribution in [0.3, 0.4) is 0 Å². The topological polar surface area (TPSA) is 64.8 Å². The maximum absolute atomic E-state index is 14.3. The minimum atomic E-state index is -1.25. The molecule has 24 heavy (non-hydrogen) atoms. The highest BCUT2D eigenvalue weighted by Gasteiger charge is 2.28.